The number of hydrogen-bond donors (Lipinski definition) is 0. The lowest BCUT2D eigenvalue weighted by atomic mass is 9.99. The molecule has 0 fully saturated rings. The van der Waals surface area contributed by atoms with E-state index >= 15 is 0 Å². The highest BCUT2D eigenvalue weighted by atomic mass is 15.1. The molecule has 0 bridgehead atoms. The third kappa shape index (κ3) is 4.33. The van der Waals surface area contributed by atoms with Crippen molar-refractivity contribution in [1.82, 2.24) is 13.7 Å². The van der Waals surface area contributed by atoms with Gasteiger partial charge in [-0.25, -0.2) is 0 Å². The van der Waals surface area contributed by atoms with Crippen LogP contribution in [0.15, 0.2) is 176 Å². The summed E-state index contributed by atoms with van der Waals surface area (Å²) in [6.07, 6.45) is 0. The summed E-state index contributed by atoms with van der Waals surface area (Å²) >= 11 is 0. The minimum absolute atomic E-state index is 0.575. The first-order valence-electron chi connectivity index (χ1n) is 18.3. The van der Waals surface area contributed by atoms with Crippen LogP contribution in [0.1, 0.15) is 11.1 Å². The van der Waals surface area contributed by atoms with Gasteiger partial charge in [0.15, 0.2) is 0 Å². The Morgan fingerprint density at radius 1 is 0.364 bits per heavy atom. The molecule has 0 N–H and O–H groups in total. The van der Waals surface area contributed by atoms with Crippen molar-refractivity contribution in [3.05, 3.63) is 187 Å². The number of rotatable bonds is 4. The van der Waals surface area contributed by atoms with Crippen molar-refractivity contribution < 1.29 is 0 Å². The molecule has 0 aliphatic rings. The molecule has 11 aromatic rings. The van der Waals surface area contributed by atoms with E-state index in [0.717, 1.165) is 82.8 Å². The van der Waals surface area contributed by atoms with Crippen molar-refractivity contribution in [3.8, 4) is 40.3 Å². The van der Waals surface area contributed by atoms with Gasteiger partial charge in [-0.2, -0.15) is 10.5 Å². The molecule has 0 saturated carbocycles. The first-order chi connectivity index (χ1) is 27.2. The normalized spacial score (nSPS) is 11.6. The Morgan fingerprint density at radius 2 is 0.836 bits per heavy atom. The van der Waals surface area contributed by atoms with E-state index < -0.39 is 0 Å². The van der Waals surface area contributed by atoms with Gasteiger partial charge in [-0.05, 0) is 60.2 Å². The fourth-order valence-electron chi connectivity index (χ4n) is 8.89. The molecule has 3 aromatic heterocycles. The van der Waals surface area contributed by atoms with Gasteiger partial charge in [0.25, 0.3) is 0 Å². The lowest BCUT2D eigenvalue weighted by Crippen LogP contribution is -2.04. The molecule has 0 aliphatic heterocycles. The summed E-state index contributed by atoms with van der Waals surface area (Å²) in [5.74, 6) is 0. The van der Waals surface area contributed by atoms with Crippen LogP contribution >= 0.6 is 0 Å². The monoisotopic (exact) mass is 699 g/mol. The van der Waals surface area contributed by atoms with Crippen molar-refractivity contribution in [2.75, 3.05) is 0 Å². The molecule has 5 nitrogen and oxygen atoms in total. The van der Waals surface area contributed by atoms with Crippen LogP contribution in [0, 0.1) is 22.7 Å². The lowest BCUT2D eigenvalue weighted by Gasteiger charge is -2.19. The smallest absolute Gasteiger partial charge is 0.101 e. The summed E-state index contributed by atoms with van der Waals surface area (Å²) in [5, 5.41) is 27.8. The number of nitrogens with zero attached hydrogens (tertiary/aromatic N) is 5. The largest absolute Gasteiger partial charge is 0.308 e. The standard InChI is InChI=1S/C50H29N5/c51-30-33-14-10-21-36(32-13-9-16-35(29-32)53-43-24-5-3-19-39(43)41-22-11-15-34(31-52)49(41)53)48(33)55-46-27-8-4-20-40(46)42-23-12-28-47(50(42)55)54-44-25-6-1-17-37(44)38-18-2-7-26-45(38)54/h1-29H. The zero-order valence-corrected chi connectivity index (χ0v) is 29.5. The number of hydrogen-bond acceptors (Lipinski definition) is 2. The predicted octanol–water partition coefficient (Wildman–Crippen LogP) is 12.4. The van der Waals surface area contributed by atoms with Crippen LogP contribution < -0.4 is 0 Å². The van der Waals surface area contributed by atoms with E-state index in [4.69, 9.17) is 0 Å². The summed E-state index contributed by atoms with van der Waals surface area (Å²) in [5.41, 5.74) is 12.1. The molecule has 55 heavy (non-hydrogen) atoms. The Balaban J connectivity index is 1.24. The molecule has 3 heterocycles. The molecule has 0 saturated heterocycles. The molecule has 254 valence electrons. The fourth-order valence-corrected chi connectivity index (χ4v) is 8.89. The van der Waals surface area contributed by atoms with Crippen molar-refractivity contribution in [3.63, 3.8) is 0 Å². The fraction of sp³-hybridized carbons (Fsp3) is 0. The summed E-state index contributed by atoms with van der Waals surface area (Å²) in [4.78, 5) is 0. The zero-order valence-electron chi connectivity index (χ0n) is 29.5. The van der Waals surface area contributed by atoms with Crippen LogP contribution in [0.25, 0.3) is 93.6 Å². The number of aromatic nitrogens is 3. The van der Waals surface area contributed by atoms with Crippen LogP contribution in [0.3, 0.4) is 0 Å². The predicted molar refractivity (Wildman–Crippen MR) is 224 cm³/mol. The van der Waals surface area contributed by atoms with Gasteiger partial charge in [-0.3, -0.25) is 0 Å². The van der Waals surface area contributed by atoms with E-state index in [1.54, 1.807) is 0 Å². The second-order valence-electron chi connectivity index (χ2n) is 13.9. The van der Waals surface area contributed by atoms with E-state index in [2.05, 4.69) is 165 Å². The first-order valence-corrected chi connectivity index (χ1v) is 18.3. The van der Waals surface area contributed by atoms with Crippen LogP contribution in [0.5, 0.6) is 0 Å². The second-order valence-corrected chi connectivity index (χ2v) is 13.9. The summed E-state index contributed by atoms with van der Waals surface area (Å²) < 4.78 is 6.87. The van der Waals surface area contributed by atoms with E-state index in [1.807, 2.05) is 36.4 Å². The average molecular weight is 700 g/mol. The van der Waals surface area contributed by atoms with E-state index in [1.165, 1.54) is 10.8 Å². The number of benzene rings is 8. The molecule has 5 heteroatoms. The van der Waals surface area contributed by atoms with Gasteiger partial charge in [0.1, 0.15) is 12.1 Å². The van der Waals surface area contributed by atoms with E-state index in [0.29, 0.717) is 11.1 Å². The van der Waals surface area contributed by atoms with E-state index in [-0.39, 0.29) is 0 Å². The van der Waals surface area contributed by atoms with Crippen molar-refractivity contribution in [2.45, 2.75) is 0 Å². The highest BCUT2D eigenvalue weighted by molar-refractivity contribution is 6.16. The van der Waals surface area contributed by atoms with Crippen molar-refractivity contribution in [2.24, 2.45) is 0 Å². The zero-order chi connectivity index (χ0) is 36.6. The molecular weight excluding hydrogens is 671 g/mol. The maximum absolute atomic E-state index is 10.9. The van der Waals surface area contributed by atoms with Gasteiger partial charge in [-0.15, -0.1) is 0 Å². The molecule has 11 rings (SSSR count). The number of nitriles is 2. The number of para-hydroxylation sites is 7. The third-order valence-electron chi connectivity index (χ3n) is 11.1. The van der Waals surface area contributed by atoms with Crippen molar-refractivity contribution >= 4 is 65.4 Å². The lowest BCUT2D eigenvalue weighted by molar-refractivity contribution is 1.12. The molecule has 0 aliphatic carbocycles. The Labute approximate surface area is 316 Å². The quantitative estimate of drug-likeness (QED) is 0.184. The molecule has 0 unspecified atom stereocenters. The van der Waals surface area contributed by atoms with Crippen LogP contribution in [-0.2, 0) is 0 Å². The maximum Gasteiger partial charge on any atom is 0.101 e. The SMILES string of the molecule is N#Cc1cccc(-c2cccc(-n3c4ccccc4c4cccc(C#N)c43)c2)c1-n1c2ccccc2c2cccc(-n3c4ccccc4c4ccccc43)c21. The van der Waals surface area contributed by atoms with Gasteiger partial charge < -0.3 is 13.7 Å². The average Bonchev–Trinajstić information content (AvgIpc) is 3.89. The van der Waals surface area contributed by atoms with Gasteiger partial charge in [0.05, 0.1) is 55.6 Å². The Kier molecular flexibility index (Phi) is 6.61. The summed E-state index contributed by atoms with van der Waals surface area (Å²) in [6, 6.07) is 65.9. The molecule has 0 spiro atoms. The highest BCUT2D eigenvalue weighted by Gasteiger charge is 2.24. The minimum Gasteiger partial charge on any atom is -0.308 e. The number of fused-ring (bicyclic) bond motifs is 9. The molecule has 0 amide bonds. The first kappa shape index (κ1) is 30.7. The third-order valence-corrected chi connectivity index (χ3v) is 11.1. The van der Waals surface area contributed by atoms with Gasteiger partial charge >= 0.3 is 0 Å². The van der Waals surface area contributed by atoms with Crippen LogP contribution in [0.2, 0.25) is 0 Å². The Hall–Kier alpha value is -7.86. The van der Waals surface area contributed by atoms with E-state index in [9.17, 15) is 10.5 Å². The van der Waals surface area contributed by atoms with Crippen molar-refractivity contribution in [1.29, 1.82) is 10.5 Å². The Morgan fingerprint density at radius 3 is 1.47 bits per heavy atom. The summed E-state index contributed by atoms with van der Waals surface area (Å²) in [6.45, 7) is 0. The molecular formula is C50H29N5. The minimum atomic E-state index is 0.575. The molecule has 8 aromatic carbocycles. The van der Waals surface area contributed by atoms with Crippen LogP contribution in [0.4, 0.5) is 0 Å². The molecule has 0 atom stereocenters. The van der Waals surface area contributed by atoms with Gasteiger partial charge in [0.2, 0.25) is 0 Å². The summed E-state index contributed by atoms with van der Waals surface area (Å²) in [7, 11) is 0. The van der Waals surface area contributed by atoms with Gasteiger partial charge in [-0.1, -0.05) is 121 Å². The Bertz CT molecular complexity index is 3420. The topological polar surface area (TPSA) is 62.4 Å². The highest BCUT2D eigenvalue weighted by Crippen LogP contribution is 2.43. The van der Waals surface area contributed by atoms with Gasteiger partial charge in [0, 0.05) is 43.6 Å². The molecule has 0 radical (unpaired) electrons. The van der Waals surface area contributed by atoms with Crippen LogP contribution in [-0.4, -0.2) is 13.7 Å². The maximum atomic E-state index is 10.9. The second kappa shape index (κ2) is 11.8.